The van der Waals surface area contributed by atoms with Gasteiger partial charge in [-0.25, -0.2) is 0 Å². The lowest BCUT2D eigenvalue weighted by atomic mass is 10.2. The van der Waals surface area contributed by atoms with Gasteiger partial charge in [-0.15, -0.1) is 0 Å². The molecule has 0 bridgehead atoms. The minimum Gasteiger partial charge on any atom is -0.389 e. The average molecular weight is 306 g/mol. The van der Waals surface area contributed by atoms with Gasteiger partial charge in [0.1, 0.15) is 10.8 Å². The number of nitrogens with one attached hydrogen (secondary N) is 2. The van der Waals surface area contributed by atoms with E-state index in [1.165, 1.54) is 32.4 Å². The second-order valence-electron chi connectivity index (χ2n) is 4.42. The van der Waals surface area contributed by atoms with Crippen molar-refractivity contribution in [1.82, 2.24) is 20.5 Å². The summed E-state index contributed by atoms with van der Waals surface area (Å²) in [7, 11) is 0. The molecule has 6 nitrogen and oxygen atoms in total. The van der Waals surface area contributed by atoms with Crippen molar-refractivity contribution in [2.24, 2.45) is 5.73 Å². The summed E-state index contributed by atoms with van der Waals surface area (Å²) in [5, 5.41) is 9.41. The molecule has 114 valence electrons. The van der Waals surface area contributed by atoms with Crippen LogP contribution in [0.15, 0.2) is 36.8 Å². The van der Waals surface area contributed by atoms with Gasteiger partial charge in [-0.2, -0.15) is 5.10 Å². The highest BCUT2D eigenvalue weighted by atomic mass is 32.1. The van der Waals surface area contributed by atoms with Crippen molar-refractivity contribution < 1.29 is 0 Å². The third-order valence-electron chi connectivity index (χ3n) is 2.68. The number of nitrogens with two attached hydrogens (primary N) is 2. The Labute approximate surface area is 130 Å². The lowest BCUT2D eigenvalue weighted by molar-refractivity contribution is 0.520. The first-order valence-electron chi connectivity index (χ1n) is 6.86. The molecule has 1 aliphatic heterocycles. The first-order chi connectivity index (χ1) is 10.2. The Morgan fingerprint density at radius 3 is 2.19 bits per heavy atom. The van der Waals surface area contributed by atoms with E-state index in [0.29, 0.717) is 10.8 Å². The van der Waals surface area contributed by atoms with Gasteiger partial charge in [-0.1, -0.05) is 18.6 Å². The fraction of sp³-hybridized carbons (Fsp3) is 0.357. The van der Waals surface area contributed by atoms with Crippen LogP contribution in [0.1, 0.15) is 24.8 Å². The number of rotatable bonds is 1. The summed E-state index contributed by atoms with van der Waals surface area (Å²) in [4.78, 5) is 4.23. The summed E-state index contributed by atoms with van der Waals surface area (Å²) < 4.78 is 0. The number of hydrogen-bond donors (Lipinski definition) is 4. The van der Waals surface area contributed by atoms with E-state index in [2.05, 4.69) is 20.5 Å². The highest BCUT2D eigenvalue weighted by Gasteiger charge is 1.93. The van der Waals surface area contributed by atoms with Crippen molar-refractivity contribution in [3.05, 3.63) is 42.4 Å². The van der Waals surface area contributed by atoms with Crippen molar-refractivity contribution in [2.75, 3.05) is 18.8 Å². The maximum Gasteiger partial charge on any atom is 0.145 e. The molecule has 1 fully saturated rings. The molecule has 0 spiro atoms. The van der Waals surface area contributed by atoms with Gasteiger partial charge in [0.15, 0.2) is 0 Å². The van der Waals surface area contributed by atoms with Gasteiger partial charge in [0.2, 0.25) is 0 Å². The van der Waals surface area contributed by atoms with E-state index in [9.17, 15) is 0 Å². The molecule has 6 N–H and O–H groups in total. The number of nitrogens with zero attached hydrogens (tertiary/aromatic N) is 2. The number of thiocarbonyl (C=S) groups is 1. The molecule has 21 heavy (non-hydrogen) atoms. The van der Waals surface area contributed by atoms with Crippen LogP contribution >= 0.6 is 12.2 Å². The third kappa shape index (κ3) is 8.72. The lowest BCUT2D eigenvalue weighted by Gasteiger charge is -2.08. The zero-order valence-electron chi connectivity index (χ0n) is 12.0. The SMILES string of the molecule is C1CCNCC1.NC(=S)c1cccnc1.Nc1cc[nH]n1. The Morgan fingerprint density at radius 2 is 1.95 bits per heavy atom. The number of hydrogen-bond acceptors (Lipinski definition) is 5. The molecule has 2 aromatic heterocycles. The van der Waals surface area contributed by atoms with Gasteiger partial charge in [0.25, 0.3) is 0 Å². The van der Waals surface area contributed by atoms with E-state index in [4.69, 9.17) is 23.7 Å². The maximum atomic E-state index is 5.31. The Bertz CT molecular complexity index is 470. The summed E-state index contributed by atoms with van der Waals surface area (Å²) in [6.07, 6.45) is 9.21. The quantitative estimate of drug-likeness (QED) is 0.595. The number of H-pyrrole nitrogens is 1. The summed E-state index contributed by atoms with van der Waals surface area (Å²) in [5.74, 6) is 0.537. The van der Waals surface area contributed by atoms with Gasteiger partial charge in [0.05, 0.1) is 0 Å². The predicted molar refractivity (Wildman–Crippen MR) is 89.8 cm³/mol. The van der Waals surface area contributed by atoms with Crippen LogP contribution in [-0.4, -0.2) is 33.3 Å². The average Bonchev–Trinajstić information content (AvgIpc) is 3.02. The van der Waals surface area contributed by atoms with Crippen LogP contribution in [0.5, 0.6) is 0 Å². The van der Waals surface area contributed by atoms with Crippen LogP contribution in [0, 0.1) is 0 Å². The van der Waals surface area contributed by atoms with Crippen LogP contribution in [0.2, 0.25) is 0 Å². The number of aromatic nitrogens is 3. The zero-order chi connectivity index (χ0) is 15.3. The van der Waals surface area contributed by atoms with Crippen LogP contribution in [0.4, 0.5) is 5.82 Å². The Hall–Kier alpha value is -1.99. The minimum absolute atomic E-state index is 0.392. The van der Waals surface area contributed by atoms with E-state index in [1.54, 1.807) is 30.7 Å². The van der Waals surface area contributed by atoms with Crippen LogP contribution < -0.4 is 16.8 Å². The van der Waals surface area contributed by atoms with E-state index >= 15 is 0 Å². The van der Waals surface area contributed by atoms with Crippen LogP contribution in [0.3, 0.4) is 0 Å². The summed E-state index contributed by atoms with van der Waals surface area (Å²) in [5.41, 5.74) is 11.3. The number of pyridine rings is 1. The highest BCUT2D eigenvalue weighted by Crippen LogP contribution is 1.96. The molecule has 0 atom stereocenters. The van der Waals surface area contributed by atoms with Crippen molar-refractivity contribution in [3.63, 3.8) is 0 Å². The van der Waals surface area contributed by atoms with Crippen LogP contribution in [0.25, 0.3) is 0 Å². The summed E-state index contributed by atoms with van der Waals surface area (Å²) in [6.45, 7) is 2.50. The molecule has 0 saturated carbocycles. The maximum absolute atomic E-state index is 5.31. The molecular weight excluding hydrogens is 284 g/mol. The molecule has 2 aromatic rings. The molecule has 1 saturated heterocycles. The first-order valence-corrected chi connectivity index (χ1v) is 7.27. The van der Waals surface area contributed by atoms with Gasteiger partial charge < -0.3 is 16.8 Å². The Morgan fingerprint density at radius 1 is 1.19 bits per heavy atom. The molecule has 1 aliphatic rings. The summed E-state index contributed by atoms with van der Waals surface area (Å²) >= 11 is 4.70. The van der Waals surface area contributed by atoms with Gasteiger partial charge in [-0.05, 0) is 44.1 Å². The molecule has 3 rings (SSSR count). The van der Waals surface area contributed by atoms with Gasteiger partial charge >= 0.3 is 0 Å². The van der Waals surface area contributed by atoms with E-state index in [1.807, 2.05) is 6.07 Å². The molecule has 3 heterocycles. The fourth-order valence-electron chi connectivity index (χ4n) is 1.58. The molecule has 0 amide bonds. The highest BCUT2D eigenvalue weighted by molar-refractivity contribution is 7.80. The van der Waals surface area contributed by atoms with Gasteiger partial charge in [-0.3, -0.25) is 10.1 Å². The van der Waals surface area contributed by atoms with E-state index in [-0.39, 0.29) is 0 Å². The first kappa shape index (κ1) is 17.1. The zero-order valence-corrected chi connectivity index (χ0v) is 12.8. The molecule has 0 radical (unpaired) electrons. The minimum atomic E-state index is 0.392. The molecule has 0 aliphatic carbocycles. The third-order valence-corrected chi connectivity index (χ3v) is 2.91. The second kappa shape index (κ2) is 10.8. The smallest absolute Gasteiger partial charge is 0.145 e. The largest absolute Gasteiger partial charge is 0.389 e. The number of aromatic amines is 1. The second-order valence-corrected chi connectivity index (χ2v) is 4.86. The lowest BCUT2D eigenvalue weighted by Crippen LogP contribution is -2.21. The molecular formula is C14H22N6S. The molecule has 0 unspecified atom stereocenters. The topological polar surface area (TPSA) is 106 Å². The van der Waals surface area contributed by atoms with Gasteiger partial charge in [0, 0.05) is 24.2 Å². The molecule has 7 heteroatoms. The van der Waals surface area contributed by atoms with Crippen molar-refractivity contribution in [2.45, 2.75) is 19.3 Å². The van der Waals surface area contributed by atoms with Crippen molar-refractivity contribution >= 4 is 23.0 Å². The summed E-state index contributed by atoms with van der Waals surface area (Å²) in [6, 6.07) is 5.32. The molecule has 0 aromatic carbocycles. The number of anilines is 1. The van der Waals surface area contributed by atoms with Crippen molar-refractivity contribution in [3.8, 4) is 0 Å². The van der Waals surface area contributed by atoms with Crippen molar-refractivity contribution in [1.29, 1.82) is 0 Å². The number of piperidine rings is 1. The van der Waals surface area contributed by atoms with Crippen LogP contribution in [-0.2, 0) is 0 Å². The standard InChI is InChI=1S/C6H6N2S.C5H11N.C3H5N3/c7-6(9)5-2-1-3-8-4-5;1-2-4-6-5-3-1;4-3-1-2-5-6-3/h1-4H,(H2,7,9);6H,1-5H2;1-2H,(H3,4,5,6). The number of nitrogen functional groups attached to an aromatic ring is 1. The monoisotopic (exact) mass is 306 g/mol. The fourth-order valence-corrected chi connectivity index (χ4v) is 1.70. The van der Waals surface area contributed by atoms with E-state index < -0.39 is 0 Å². The predicted octanol–water partition coefficient (Wildman–Crippen LogP) is 1.47. The Balaban J connectivity index is 0.000000163. The van der Waals surface area contributed by atoms with E-state index in [0.717, 1.165) is 5.56 Å². The normalized spacial score (nSPS) is 13.1. The Kier molecular flexibility index (Phi) is 8.74.